The highest BCUT2D eigenvalue weighted by atomic mass is 32.2. The summed E-state index contributed by atoms with van der Waals surface area (Å²) in [6.07, 6.45) is 0. The molecular weight excluding hydrogens is 432 g/mol. The summed E-state index contributed by atoms with van der Waals surface area (Å²) >= 11 is 1.57. The van der Waals surface area contributed by atoms with Crippen LogP contribution in [0.5, 0.6) is 5.75 Å². The van der Waals surface area contributed by atoms with Gasteiger partial charge in [0, 0.05) is 17.0 Å². The summed E-state index contributed by atoms with van der Waals surface area (Å²) in [5.41, 5.74) is 2.96. The van der Waals surface area contributed by atoms with E-state index in [9.17, 15) is 9.59 Å². The van der Waals surface area contributed by atoms with E-state index in [1.165, 1.54) is 16.3 Å². The fourth-order valence-corrected chi connectivity index (χ4v) is 4.35. The van der Waals surface area contributed by atoms with Gasteiger partial charge < -0.3 is 15.4 Å². The van der Waals surface area contributed by atoms with Crippen molar-refractivity contribution in [1.29, 1.82) is 0 Å². The van der Waals surface area contributed by atoms with Crippen molar-refractivity contribution in [1.82, 2.24) is 0 Å². The van der Waals surface area contributed by atoms with Crippen LogP contribution in [0, 0.1) is 0 Å². The molecule has 4 aromatic carbocycles. The van der Waals surface area contributed by atoms with Crippen molar-refractivity contribution in [2.24, 2.45) is 0 Å². The molecule has 6 heteroatoms. The Kier molecular flexibility index (Phi) is 7.27. The SMILES string of the molecule is COc1ccccc1NC(=O)c1ccc(NC(=O)CSCc2cccc3ccccc23)cc1. The number of thioether (sulfide) groups is 1. The van der Waals surface area contributed by atoms with Crippen LogP contribution in [0.4, 0.5) is 11.4 Å². The van der Waals surface area contributed by atoms with E-state index in [4.69, 9.17) is 4.74 Å². The van der Waals surface area contributed by atoms with Crippen molar-refractivity contribution in [2.45, 2.75) is 5.75 Å². The van der Waals surface area contributed by atoms with E-state index in [2.05, 4.69) is 34.9 Å². The summed E-state index contributed by atoms with van der Waals surface area (Å²) in [7, 11) is 1.56. The molecule has 4 aromatic rings. The highest BCUT2D eigenvalue weighted by Crippen LogP contribution is 2.24. The number of hydrogen-bond acceptors (Lipinski definition) is 4. The number of rotatable bonds is 8. The number of anilines is 2. The van der Waals surface area contributed by atoms with Gasteiger partial charge in [-0.2, -0.15) is 0 Å². The largest absolute Gasteiger partial charge is 0.495 e. The van der Waals surface area contributed by atoms with E-state index in [0.717, 1.165) is 5.75 Å². The molecule has 0 aliphatic rings. The van der Waals surface area contributed by atoms with Crippen molar-refractivity contribution < 1.29 is 14.3 Å². The Balaban J connectivity index is 1.29. The Morgan fingerprint density at radius 1 is 0.818 bits per heavy atom. The first-order chi connectivity index (χ1) is 16.1. The molecule has 0 aliphatic carbocycles. The van der Waals surface area contributed by atoms with Crippen molar-refractivity contribution in [3.05, 3.63) is 102 Å². The number of benzene rings is 4. The number of carbonyl (C=O) groups excluding carboxylic acids is 2. The van der Waals surface area contributed by atoms with Crippen molar-refractivity contribution >= 4 is 45.7 Å². The van der Waals surface area contributed by atoms with Gasteiger partial charge in [-0.05, 0) is 52.7 Å². The quantitative estimate of drug-likeness (QED) is 0.343. The third-order valence-electron chi connectivity index (χ3n) is 5.16. The molecule has 0 unspecified atom stereocenters. The number of para-hydroxylation sites is 2. The minimum atomic E-state index is -0.247. The molecule has 33 heavy (non-hydrogen) atoms. The molecule has 0 radical (unpaired) electrons. The Labute approximate surface area is 197 Å². The molecule has 0 bridgehead atoms. The van der Waals surface area contributed by atoms with Crippen LogP contribution < -0.4 is 15.4 Å². The highest BCUT2D eigenvalue weighted by molar-refractivity contribution is 7.99. The highest BCUT2D eigenvalue weighted by Gasteiger charge is 2.10. The van der Waals surface area contributed by atoms with Gasteiger partial charge in [0.05, 0.1) is 18.6 Å². The minimum Gasteiger partial charge on any atom is -0.495 e. The summed E-state index contributed by atoms with van der Waals surface area (Å²) in [6, 6.07) is 28.6. The fraction of sp³-hybridized carbons (Fsp3) is 0.111. The number of hydrogen-bond donors (Lipinski definition) is 2. The molecule has 0 saturated heterocycles. The van der Waals surface area contributed by atoms with Gasteiger partial charge in [0.15, 0.2) is 0 Å². The lowest BCUT2D eigenvalue weighted by Gasteiger charge is -2.10. The Morgan fingerprint density at radius 2 is 1.55 bits per heavy atom. The van der Waals surface area contributed by atoms with Crippen LogP contribution in [0.15, 0.2) is 91.0 Å². The maximum atomic E-state index is 12.5. The zero-order chi connectivity index (χ0) is 23.0. The first-order valence-electron chi connectivity index (χ1n) is 10.5. The van der Waals surface area contributed by atoms with E-state index in [1.54, 1.807) is 55.3 Å². The summed E-state index contributed by atoms with van der Waals surface area (Å²) in [5, 5.41) is 8.15. The second-order valence-electron chi connectivity index (χ2n) is 7.41. The molecule has 0 saturated carbocycles. The number of ether oxygens (including phenoxy) is 1. The van der Waals surface area contributed by atoms with Crippen LogP contribution in [-0.4, -0.2) is 24.7 Å². The van der Waals surface area contributed by atoms with E-state index in [-0.39, 0.29) is 11.8 Å². The van der Waals surface area contributed by atoms with Crippen molar-refractivity contribution in [3.8, 4) is 5.75 Å². The van der Waals surface area contributed by atoms with Gasteiger partial charge in [0.2, 0.25) is 5.91 Å². The molecule has 4 rings (SSSR count). The molecule has 0 heterocycles. The van der Waals surface area contributed by atoms with Crippen LogP contribution in [0.1, 0.15) is 15.9 Å². The van der Waals surface area contributed by atoms with Crippen LogP contribution in [-0.2, 0) is 10.5 Å². The molecule has 166 valence electrons. The lowest BCUT2D eigenvalue weighted by Crippen LogP contribution is -2.15. The van der Waals surface area contributed by atoms with Crippen molar-refractivity contribution in [2.75, 3.05) is 23.5 Å². The maximum absolute atomic E-state index is 12.5. The standard InChI is InChI=1S/C27H24N2O3S/c1-32-25-12-5-4-11-24(25)29-27(31)20-13-15-22(16-14-20)28-26(30)18-33-17-21-9-6-8-19-7-2-3-10-23(19)21/h2-16H,17-18H2,1H3,(H,28,30)(H,29,31). The average Bonchev–Trinajstić information content (AvgIpc) is 2.85. The van der Waals surface area contributed by atoms with Gasteiger partial charge in [-0.15, -0.1) is 11.8 Å². The zero-order valence-electron chi connectivity index (χ0n) is 18.2. The number of nitrogens with one attached hydrogen (secondary N) is 2. The summed E-state index contributed by atoms with van der Waals surface area (Å²) in [5.74, 6) is 1.38. The van der Waals surface area contributed by atoms with Crippen LogP contribution in [0.3, 0.4) is 0 Å². The first kappa shape index (κ1) is 22.4. The smallest absolute Gasteiger partial charge is 0.255 e. The van der Waals surface area contributed by atoms with Gasteiger partial charge in [0.1, 0.15) is 5.75 Å². The third kappa shape index (κ3) is 5.73. The predicted molar refractivity (Wildman–Crippen MR) is 136 cm³/mol. The predicted octanol–water partition coefficient (Wildman–Crippen LogP) is 5.97. The molecule has 0 spiro atoms. The molecule has 2 N–H and O–H groups in total. The first-order valence-corrected chi connectivity index (χ1v) is 11.7. The van der Waals surface area contributed by atoms with Crippen LogP contribution in [0.25, 0.3) is 10.8 Å². The molecule has 2 amide bonds. The lowest BCUT2D eigenvalue weighted by molar-refractivity contribution is -0.113. The monoisotopic (exact) mass is 456 g/mol. The van der Waals surface area contributed by atoms with Crippen LogP contribution >= 0.6 is 11.8 Å². The molecule has 5 nitrogen and oxygen atoms in total. The van der Waals surface area contributed by atoms with E-state index < -0.39 is 0 Å². The molecule has 0 fully saturated rings. The molecular formula is C27H24N2O3S. The second-order valence-corrected chi connectivity index (χ2v) is 8.40. The van der Waals surface area contributed by atoms with Gasteiger partial charge in [0.25, 0.3) is 5.91 Å². The average molecular weight is 457 g/mol. The van der Waals surface area contributed by atoms with E-state index in [0.29, 0.717) is 28.4 Å². The topological polar surface area (TPSA) is 67.4 Å². The van der Waals surface area contributed by atoms with Gasteiger partial charge in [-0.1, -0.05) is 54.6 Å². The van der Waals surface area contributed by atoms with Gasteiger partial charge >= 0.3 is 0 Å². The number of carbonyl (C=O) groups is 2. The number of methoxy groups -OCH3 is 1. The Morgan fingerprint density at radius 3 is 2.36 bits per heavy atom. The van der Waals surface area contributed by atoms with Crippen molar-refractivity contribution in [3.63, 3.8) is 0 Å². The Hall–Kier alpha value is -3.77. The maximum Gasteiger partial charge on any atom is 0.255 e. The van der Waals surface area contributed by atoms with E-state index in [1.807, 2.05) is 30.3 Å². The summed E-state index contributed by atoms with van der Waals surface area (Å²) in [4.78, 5) is 24.9. The lowest BCUT2D eigenvalue weighted by atomic mass is 10.1. The summed E-state index contributed by atoms with van der Waals surface area (Å²) < 4.78 is 5.26. The second kappa shape index (κ2) is 10.7. The zero-order valence-corrected chi connectivity index (χ0v) is 19.0. The van der Waals surface area contributed by atoms with Gasteiger partial charge in [-0.3, -0.25) is 9.59 Å². The summed E-state index contributed by atoms with van der Waals surface area (Å²) in [6.45, 7) is 0. The van der Waals surface area contributed by atoms with Gasteiger partial charge in [-0.25, -0.2) is 0 Å². The number of amides is 2. The van der Waals surface area contributed by atoms with Crippen LogP contribution in [0.2, 0.25) is 0 Å². The Bertz CT molecular complexity index is 1270. The fourth-order valence-electron chi connectivity index (χ4n) is 3.52. The minimum absolute atomic E-state index is 0.0774. The third-order valence-corrected chi connectivity index (χ3v) is 6.14. The van der Waals surface area contributed by atoms with E-state index >= 15 is 0 Å². The number of fused-ring (bicyclic) bond motifs is 1. The molecule has 0 aliphatic heterocycles. The molecule has 0 atom stereocenters. The normalized spacial score (nSPS) is 10.6. The molecule has 0 aromatic heterocycles.